The van der Waals surface area contributed by atoms with Crippen LogP contribution in [0.1, 0.15) is 24.5 Å². The summed E-state index contributed by atoms with van der Waals surface area (Å²) in [6, 6.07) is 6.39. The van der Waals surface area contributed by atoms with E-state index < -0.39 is 0 Å². The van der Waals surface area contributed by atoms with Gasteiger partial charge in [-0.1, -0.05) is 12.1 Å². The Bertz CT molecular complexity index is 453. The van der Waals surface area contributed by atoms with E-state index in [0.29, 0.717) is 26.1 Å². The molecular weight excluding hydrogens is 259 g/mol. The minimum absolute atomic E-state index is 0.143. The van der Waals surface area contributed by atoms with Crippen molar-refractivity contribution in [1.29, 1.82) is 0 Å². The Morgan fingerprint density at radius 2 is 2.40 bits per heavy atom. The highest BCUT2D eigenvalue weighted by atomic mass is 19.1. The highest BCUT2D eigenvalue weighted by molar-refractivity contribution is 5.76. The van der Waals surface area contributed by atoms with Crippen LogP contribution < -0.4 is 5.32 Å². The summed E-state index contributed by atoms with van der Waals surface area (Å²) < 4.78 is 18.9. The number of carbonyl (C=O) groups is 1. The van der Waals surface area contributed by atoms with Gasteiger partial charge in [0.2, 0.25) is 5.91 Å². The van der Waals surface area contributed by atoms with E-state index in [4.69, 9.17) is 4.74 Å². The van der Waals surface area contributed by atoms with E-state index in [9.17, 15) is 9.18 Å². The zero-order valence-corrected chi connectivity index (χ0v) is 11.8. The largest absolute Gasteiger partial charge is 0.370 e. The first-order chi connectivity index (χ1) is 9.70. The molecular formula is C15H21FN2O2. The van der Waals surface area contributed by atoms with E-state index in [2.05, 4.69) is 5.32 Å². The summed E-state index contributed by atoms with van der Waals surface area (Å²) in [6.45, 7) is 2.45. The smallest absolute Gasteiger partial charge is 0.222 e. The van der Waals surface area contributed by atoms with Gasteiger partial charge in [-0.3, -0.25) is 4.79 Å². The monoisotopic (exact) mass is 280 g/mol. The van der Waals surface area contributed by atoms with Crippen molar-refractivity contribution in [2.45, 2.75) is 18.9 Å². The number of morpholine rings is 1. The molecule has 1 saturated heterocycles. The zero-order valence-electron chi connectivity index (χ0n) is 11.8. The number of nitrogens with one attached hydrogen (secondary N) is 1. The first-order valence-corrected chi connectivity index (χ1v) is 7.00. The van der Waals surface area contributed by atoms with Gasteiger partial charge in [-0.05, 0) is 37.7 Å². The van der Waals surface area contributed by atoms with Crippen molar-refractivity contribution in [3.8, 4) is 0 Å². The standard InChI is InChI=1S/C15H21FN2O2/c1-17-7-3-6-15(19)18-8-9-20-14(11-18)12-4-2-5-13(16)10-12/h2,4-5,10,14,17H,3,6-9,11H2,1H3. The molecule has 0 aromatic heterocycles. The Labute approximate surface area is 118 Å². The van der Waals surface area contributed by atoms with Gasteiger partial charge in [0, 0.05) is 13.0 Å². The lowest BCUT2D eigenvalue weighted by Crippen LogP contribution is -2.42. The number of hydrogen-bond acceptors (Lipinski definition) is 3. The van der Waals surface area contributed by atoms with Gasteiger partial charge in [0.15, 0.2) is 0 Å². The SMILES string of the molecule is CNCCCC(=O)N1CCOC(c2cccc(F)c2)C1. The molecule has 20 heavy (non-hydrogen) atoms. The van der Waals surface area contributed by atoms with Gasteiger partial charge in [0.25, 0.3) is 0 Å². The molecule has 1 aliphatic rings. The maximum absolute atomic E-state index is 13.2. The quantitative estimate of drug-likeness (QED) is 0.835. The predicted molar refractivity (Wildman–Crippen MR) is 74.8 cm³/mol. The molecule has 110 valence electrons. The predicted octanol–water partition coefficient (Wildman–Crippen LogP) is 1.73. The molecule has 4 nitrogen and oxygen atoms in total. The average molecular weight is 280 g/mol. The molecule has 5 heteroatoms. The molecule has 1 fully saturated rings. The first kappa shape index (κ1) is 14.9. The molecule has 0 radical (unpaired) electrons. The van der Waals surface area contributed by atoms with E-state index in [-0.39, 0.29) is 17.8 Å². The first-order valence-electron chi connectivity index (χ1n) is 7.00. The third kappa shape index (κ3) is 4.02. The van der Waals surface area contributed by atoms with Gasteiger partial charge in [-0.2, -0.15) is 0 Å². The molecule has 0 bridgehead atoms. The maximum atomic E-state index is 13.2. The number of benzene rings is 1. The van der Waals surface area contributed by atoms with Crippen LogP contribution in [-0.4, -0.2) is 44.1 Å². The van der Waals surface area contributed by atoms with Crippen molar-refractivity contribution in [2.24, 2.45) is 0 Å². The number of halogens is 1. The molecule has 0 aliphatic carbocycles. The van der Waals surface area contributed by atoms with E-state index in [1.54, 1.807) is 6.07 Å². The Hall–Kier alpha value is -1.46. The van der Waals surface area contributed by atoms with E-state index in [1.807, 2.05) is 18.0 Å². The van der Waals surface area contributed by atoms with Gasteiger partial charge in [0.05, 0.1) is 13.2 Å². The van der Waals surface area contributed by atoms with Gasteiger partial charge in [-0.15, -0.1) is 0 Å². The number of rotatable bonds is 5. The van der Waals surface area contributed by atoms with Crippen LogP contribution >= 0.6 is 0 Å². The van der Waals surface area contributed by atoms with Crippen molar-refractivity contribution in [2.75, 3.05) is 33.3 Å². The minimum atomic E-state index is -0.274. The summed E-state index contributed by atoms with van der Waals surface area (Å²) in [6.07, 6.45) is 1.14. The average Bonchev–Trinajstić information content (AvgIpc) is 2.47. The molecule has 1 aromatic rings. The van der Waals surface area contributed by atoms with Gasteiger partial charge in [0.1, 0.15) is 11.9 Å². The fourth-order valence-electron chi connectivity index (χ4n) is 2.36. The Morgan fingerprint density at radius 1 is 1.55 bits per heavy atom. The van der Waals surface area contributed by atoms with Crippen LogP contribution in [-0.2, 0) is 9.53 Å². The molecule has 1 heterocycles. The van der Waals surface area contributed by atoms with Crippen molar-refractivity contribution in [3.63, 3.8) is 0 Å². The maximum Gasteiger partial charge on any atom is 0.222 e. The third-order valence-corrected chi connectivity index (χ3v) is 3.46. The number of ether oxygens (including phenoxy) is 1. The second-order valence-corrected chi connectivity index (χ2v) is 4.96. The summed E-state index contributed by atoms with van der Waals surface area (Å²) >= 11 is 0. The lowest BCUT2D eigenvalue weighted by atomic mass is 10.1. The number of nitrogens with zero attached hydrogens (tertiary/aromatic N) is 1. The van der Waals surface area contributed by atoms with E-state index in [1.165, 1.54) is 12.1 Å². The number of amides is 1. The van der Waals surface area contributed by atoms with E-state index >= 15 is 0 Å². The van der Waals surface area contributed by atoms with Crippen LogP contribution in [0.15, 0.2) is 24.3 Å². The Morgan fingerprint density at radius 3 is 3.15 bits per heavy atom. The third-order valence-electron chi connectivity index (χ3n) is 3.46. The summed E-state index contributed by atoms with van der Waals surface area (Å²) in [5.41, 5.74) is 0.790. The van der Waals surface area contributed by atoms with Crippen LogP contribution in [0.3, 0.4) is 0 Å². The van der Waals surface area contributed by atoms with Crippen LogP contribution in [0.25, 0.3) is 0 Å². The summed E-state index contributed by atoms with van der Waals surface area (Å²) in [7, 11) is 1.87. The van der Waals surface area contributed by atoms with Gasteiger partial charge >= 0.3 is 0 Å². The lowest BCUT2D eigenvalue weighted by molar-refractivity contribution is -0.139. The van der Waals surface area contributed by atoms with E-state index in [0.717, 1.165) is 18.5 Å². The topological polar surface area (TPSA) is 41.6 Å². The molecule has 2 rings (SSSR count). The summed E-state index contributed by atoms with van der Waals surface area (Å²) in [4.78, 5) is 13.9. The number of hydrogen-bond donors (Lipinski definition) is 1. The van der Waals surface area contributed by atoms with Crippen molar-refractivity contribution < 1.29 is 13.9 Å². The van der Waals surface area contributed by atoms with Crippen LogP contribution in [0, 0.1) is 5.82 Å². The molecule has 1 aromatic carbocycles. The van der Waals surface area contributed by atoms with Gasteiger partial charge < -0.3 is 15.0 Å². The molecule has 0 spiro atoms. The summed E-state index contributed by atoms with van der Waals surface area (Å²) in [5.74, 6) is -0.131. The Kier molecular flexibility index (Phi) is 5.49. The van der Waals surface area contributed by atoms with Crippen molar-refractivity contribution in [1.82, 2.24) is 10.2 Å². The van der Waals surface area contributed by atoms with Crippen LogP contribution in [0.4, 0.5) is 4.39 Å². The Balaban J connectivity index is 1.93. The minimum Gasteiger partial charge on any atom is -0.370 e. The summed E-state index contributed by atoms with van der Waals surface area (Å²) in [5, 5.41) is 3.03. The lowest BCUT2D eigenvalue weighted by Gasteiger charge is -2.33. The second-order valence-electron chi connectivity index (χ2n) is 4.96. The highest BCUT2D eigenvalue weighted by Gasteiger charge is 2.25. The molecule has 1 unspecified atom stereocenters. The van der Waals surface area contributed by atoms with Gasteiger partial charge in [-0.25, -0.2) is 4.39 Å². The zero-order chi connectivity index (χ0) is 14.4. The van der Waals surface area contributed by atoms with Crippen molar-refractivity contribution >= 4 is 5.91 Å². The molecule has 1 N–H and O–H groups in total. The molecule has 0 saturated carbocycles. The molecule has 1 amide bonds. The fraction of sp³-hybridized carbons (Fsp3) is 0.533. The van der Waals surface area contributed by atoms with Crippen LogP contribution in [0.5, 0.6) is 0 Å². The molecule has 1 aliphatic heterocycles. The van der Waals surface area contributed by atoms with Crippen LogP contribution in [0.2, 0.25) is 0 Å². The molecule has 1 atom stereocenters. The van der Waals surface area contributed by atoms with Crippen molar-refractivity contribution in [3.05, 3.63) is 35.6 Å². The fourth-order valence-corrected chi connectivity index (χ4v) is 2.36. The number of carbonyl (C=O) groups excluding carboxylic acids is 1. The normalized spacial score (nSPS) is 19.1. The highest BCUT2D eigenvalue weighted by Crippen LogP contribution is 2.23. The second kappa shape index (κ2) is 7.36.